The van der Waals surface area contributed by atoms with Gasteiger partial charge in [0.25, 0.3) is 0 Å². The fourth-order valence-corrected chi connectivity index (χ4v) is 3.55. The van der Waals surface area contributed by atoms with Gasteiger partial charge in [-0.1, -0.05) is 34.4 Å². The lowest BCUT2D eigenvalue weighted by Gasteiger charge is -2.13. The van der Waals surface area contributed by atoms with E-state index in [2.05, 4.69) is 46.8 Å². The molecule has 2 rings (SSSR count). The van der Waals surface area contributed by atoms with Crippen molar-refractivity contribution in [3.63, 3.8) is 0 Å². The highest BCUT2D eigenvalue weighted by Crippen LogP contribution is 2.35. The van der Waals surface area contributed by atoms with Gasteiger partial charge in [-0.2, -0.15) is 0 Å². The number of carbonyl (C=O) groups is 1. The molecule has 0 radical (unpaired) electrons. The second-order valence-electron chi connectivity index (χ2n) is 9.66. The Morgan fingerprint density at radius 3 is 1.84 bits per heavy atom. The van der Waals surface area contributed by atoms with Gasteiger partial charge < -0.3 is 18.6 Å². The number of allylic oxidation sites excluding steroid dienone is 6. The van der Waals surface area contributed by atoms with Gasteiger partial charge in [0.05, 0.1) is 5.39 Å². The molecule has 37 heavy (non-hydrogen) atoms. The van der Waals surface area contributed by atoms with Crippen molar-refractivity contribution >= 4 is 16.9 Å². The molecule has 0 fully saturated rings. The molecule has 200 valence electrons. The van der Waals surface area contributed by atoms with Crippen LogP contribution in [0.1, 0.15) is 74.1 Å². The summed E-state index contributed by atoms with van der Waals surface area (Å²) in [6.07, 6.45) is 12.1. The van der Waals surface area contributed by atoms with E-state index in [0.29, 0.717) is 11.1 Å². The molecule has 0 saturated carbocycles. The molecule has 0 atom stereocenters. The van der Waals surface area contributed by atoms with Gasteiger partial charge in [-0.25, -0.2) is 4.79 Å². The zero-order valence-electron chi connectivity index (χ0n) is 23.2. The maximum absolute atomic E-state index is 12.9. The van der Waals surface area contributed by atoms with E-state index in [9.17, 15) is 9.59 Å². The van der Waals surface area contributed by atoms with Crippen molar-refractivity contribution in [2.75, 3.05) is 13.2 Å². The van der Waals surface area contributed by atoms with Crippen LogP contribution in [0, 0.1) is 0 Å². The topological polar surface area (TPSA) is 75.0 Å². The molecule has 6 heteroatoms. The third-order valence-corrected chi connectivity index (χ3v) is 5.56. The summed E-state index contributed by atoms with van der Waals surface area (Å²) in [4.78, 5) is 24.2. The van der Waals surface area contributed by atoms with Crippen LogP contribution in [0.2, 0.25) is 0 Å². The molecule has 1 aromatic heterocycles. The molecule has 0 aliphatic heterocycles. The Kier molecular flexibility index (Phi) is 11.9. The van der Waals surface area contributed by atoms with Crippen LogP contribution in [0.25, 0.3) is 11.0 Å². The number of fused-ring (bicyclic) bond motifs is 1. The molecule has 0 unspecified atom stereocenters. The first-order chi connectivity index (χ1) is 17.6. The highest BCUT2D eigenvalue weighted by atomic mass is 16.5. The summed E-state index contributed by atoms with van der Waals surface area (Å²) in [5.41, 5.74) is 4.55. The van der Waals surface area contributed by atoms with Crippen LogP contribution in [0.5, 0.6) is 17.2 Å². The van der Waals surface area contributed by atoms with E-state index >= 15 is 0 Å². The minimum atomic E-state index is -0.651. The number of ether oxygens (including phenoxy) is 3. The zero-order chi connectivity index (χ0) is 27.4. The van der Waals surface area contributed by atoms with E-state index in [1.165, 1.54) is 35.3 Å². The van der Waals surface area contributed by atoms with Crippen molar-refractivity contribution in [1.82, 2.24) is 0 Å². The third-order valence-electron chi connectivity index (χ3n) is 5.56. The minimum absolute atomic E-state index is 0.0247. The van der Waals surface area contributed by atoms with Gasteiger partial charge in [0.2, 0.25) is 5.75 Å². The Morgan fingerprint density at radius 2 is 1.32 bits per heavy atom. The lowest BCUT2D eigenvalue weighted by Crippen LogP contribution is -2.11. The maximum Gasteiger partial charge on any atom is 0.383 e. The van der Waals surface area contributed by atoms with Crippen LogP contribution in [0.4, 0.5) is 0 Å². The summed E-state index contributed by atoms with van der Waals surface area (Å²) in [5.74, 6) is 0.160. The van der Waals surface area contributed by atoms with Crippen LogP contribution in [-0.2, 0) is 4.79 Å². The highest BCUT2D eigenvalue weighted by Gasteiger charge is 2.18. The molecule has 0 amide bonds. The zero-order valence-corrected chi connectivity index (χ0v) is 23.2. The molecule has 0 N–H and O–H groups in total. The molecular weight excluding hydrogens is 468 g/mol. The molecule has 6 nitrogen and oxygen atoms in total. The van der Waals surface area contributed by atoms with E-state index < -0.39 is 11.6 Å². The van der Waals surface area contributed by atoms with Crippen molar-refractivity contribution in [3.05, 3.63) is 75.2 Å². The average Bonchev–Trinajstić information content (AvgIpc) is 2.79. The van der Waals surface area contributed by atoms with Gasteiger partial charge in [0.1, 0.15) is 24.5 Å². The van der Waals surface area contributed by atoms with E-state index in [0.717, 1.165) is 25.7 Å². The second kappa shape index (κ2) is 14.9. The minimum Gasteiger partial charge on any atom is -0.485 e. The van der Waals surface area contributed by atoms with Crippen LogP contribution >= 0.6 is 0 Å². The Hall–Kier alpha value is -3.54. The fraction of sp³-hybridized carbons (Fsp3) is 0.419. The summed E-state index contributed by atoms with van der Waals surface area (Å²) in [7, 11) is 0. The Morgan fingerprint density at radius 1 is 0.784 bits per heavy atom. The van der Waals surface area contributed by atoms with E-state index in [4.69, 9.17) is 18.6 Å². The van der Waals surface area contributed by atoms with Gasteiger partial charge >= 0.3 is 11.6 Å². The lowest BCUT2D eigenvalue weighted by molar-refractivity contribution is -0.131. The van der Waals surface area contributed by atoms with Gasteiger partial charge in [0.15, 0.2) is 5.75 Å². The summed E-state index contributed by atoms with van der Waals surface area (Å²) in [6, 6.07) is 4.83. The summed E-state index contributed by atoms with van der Waals surface area (Å²) in [6.45, 7) is 14.2. The number of hydrogen-bond donors (Lipinski definition) is 0. The smallest absolute Gasteiger partial charge is 0.383 e. The quantitative estimate of drug-likeness (QED) is 0.119. The predicted octanol–water partition coefficient (Wildman–Crippen LogP) is 7.86. The van der Waals surface area contributed by atoms with E-state index in [1.807, 2.05) is 19.1 Å². The molecule has 1 aromatic carbocycles. The number of esters is 1. The van der Waals surface area contributed by atoms with Crippen molar-refractivity contribution in [1.29, 1.82) is 0 Å². The van der Waals surface area contributed by atoms with Crippen molar-refractivity contribution in [2.45, 2.75) is 74.1 Å². The van der Waals surface area contributed by atoms with Crippen LogP contribution in [-0.4, -0.2) is 19.2 Å². The summed E-state index contributed by atoms with van der Waals surface area (Å²) < 4.78 is 22.6. The van der Waals surface area contributed by atoms with Gasteiger partial charge in [0, 0.05) is 13.0 Å². The summed E-state index contributed by atoms with van der Waals surface area (Å²) in [5, 5.41) is 0.561. The number of benzene rings is 1. The maximum atomic E-state index is 12.9. The number of hydrogen-bond acceptors (Lipinski definition) is 6. The highest BCUT2D eigenvalue weighted by molar-refractivity contribution is 5.87. The van der Waals surface area contributed by atoms with Crippen molar-refractivity contribution in [2.24, 2.45) is 0 Å². The monoisotopic (exact) mass is 508 g/mol. The fourth-order valence-electron chi connectivity index (χ4n) is 3.55. The first-order valence-corrected chi connectivity index (χ1v) is 12.7. The molecule has 0 aliphatic rings. The van der Waals surface area contributed by atoms with Gasteiger partial charge in [-0.3, -0.25) is 4.79 Å². The van der Waals surface area contributed by atoms with Crippen molar-refractivity contribution < 1.29 is 23.4 Å². The predicted molar refractivity (Wildman–Crippen MR) is 150 cm³/mol. The Bertz CT molecular complexity index is 1250. The molecular formula is C31H40O6. The first-order valence-electron chi connectivity index (χ1n) is 12.7. The lowest BCUT2D eigenvalue weighted by atomic mass is 10.1. The first kappa shape index (κ1) is 29.7. The molecule has 0 spiro atoms. The van der Waals surface area contributed by atoms with Gasteiger partial charge in [-0.05, 0) is 91.5 Å². The SMILES string of the molecule is CC(=O)Oc1ccc2c(OC/C=C(\C)CCC=C(C)C)c(OC/C=C(\C)CCC=C(C)C)c(=O)oc2c1. The summed E-state index contributed by atoms with van der Waals surface area (Å²) >= 11 is 0. The number of carbonyl (C=O) groups excluding carboxylic acids is 1. The van der Waals surface area contributed by atoms with Crippen molar-refractivity contribution in [3.8, 4) is 17.2 Å². The molecule has 0 aliphatic carbocycles. The molecule has 2 aromatic rings. The van der Waals surface area contributed by atoms with Gasteiger partial charge in [-0.15, -0.1) is 0 Å². The number of rotatable bonds is 13. The standard InChI is InChI=1S/C31H40O6/c1-21(2)10-8-12-23(5)16-18-34-29-27-15-14-26(36-25(7)32)20-28(27)37-31(33)30(29)35-19-17-24(6)13-9-11-22(3)4/h10-11,14-17,20H,8-9,12-13,18-19H2,1-7H3/b23-16+,24-17+. The normalized spacial score (nSPS) is 11.8. The second-order valence-corrected chi connectivity index (χ2v) is 9.66. The Balaban J connectivity index is 2.30. The molecule has 0 bridgehead atoms. The van der Waals surface area contributed by atoms with E-state index in [1.54, 1.807) is 12.1 Å². The van der Waals surface area contributed by atoms with Crippen LogP contribution in [0.3, 0.4) is 0 Å². The average molecular weight is 509 g/mol. The van der Waals surface area contributed by atoms with Crippen LogP contribution in [0.15, 0.2) is 74.0 Å². The van der Waals surface area contributed by atoms with E-state index in [-0.39, 0.29) is 30.3 Å². The Labute approximate surface area is 220 Å². The molecule has 0 saturated heterocycles. The van der Waals surface area contributed by atoms with Crippen LogP contribution < -0.4 is 19.8 Å². The molecule has 1 heterocycles. The third kappa shape index (κ3) is 10.5. The largest absolute Gasteiger partial charge is 0.485 e.